The predicted molar refractivity (Wildman–Crippen MR) is 89.5 cm³/mol. The van der Waals surface area contributed by atoms with Crippen molar-refractivity contribution in [1.29, 1.82) is 0 Å². The molecule has 0 aliphatic carbocycles. The Kier molecular flexibility index (Phi) is 3.45. The molecule has 1 aliphatic heterocycles. The summed E-state index contributed by atoms with van der Waals surface area (Å²) in [6, 6.07) is 7.65. The van der Waals surface area contributed by atoms with E-state index in [1.54, 1.807) is 0 Å². The Hall–Kier alpha value is -2.14. The Morgan fingerprint density at radius 2 is 1.87 bits per heavy atom. The van der Waals surface area contributed by atoms with Gasteiger partial charge in [-0.2, -0.15) is 5.10 Å². The van der Waals surface area contributed by atoms with Crippen LogP contribution in [0.2, 0.25) is 0 Å². The number of fused-ring (bicyclic) bond motifs is 1. The minimum atomic E-state index is -0.181. The molecule has 120 valence electrons. The number of benzene rings is 1. The summed E-state index contributed by atoms with van der Waals surface area (Å²) in [6.45, 7) is 4.22. The number of piperidine rings is 1. The summed E-state index contributed by atoms with van der Waals surface area (Å²) in [5.41, 5.74) is 1.96. The van der Waals surface area contributed by atoms with Crippen LogP contribution in [0.1, 0.15) is 24.4 Å². The van der Waals surface area contributed by atoms with Gasteiger partial charge in [-0.1, -0.05) is 6.07 Å². The molecule has 0 saturated carbocycles. The lowest BCUT2D eigenvalue weighted by Crippen LogP contribution is -2.31. The lowest BCUT2D eigenvalue weighted by molar-refractivity contribution is 0.212. The van der Waals surface area contributed by atoms with Crippen molar-refractivity contribution in [3.8, 4) is 5.82 Å². The predicted octanol–water partition coefficient (Wildman–Crippen LogP) is 3.54. The number of nitrogens with zero attached hydrogens (tertiary/aromatic N) is 4. The molecule has 5 heteroatoms. The van der Waals surface area contributed by atoms with E-state index < -0.39 is 0 Å². The van der Waals surface area contributed by atoms with Gasteiger partial charge in [0.1, 0.15) is 5.82 Å². The van der Waals surface area contributed by atoms with Gasteiger partial charge in [0, 0.05) is 23.8 Å². The van der Waals surface area contributed by atoms with Gasteiger partial charge in [-0.3, -0.25) is 9.25 Å². The smallest absolute Gasteiger partial charge is 0.159 e. The van der Waals surface area contributed by atoms with Crippen LogP contribution in [-0.2, 0) is 0 Å². The van der Waals surface area contributed by atoms with E-state index in [2.05, 4.69) is 16.6 Å². The zero-order valence-electron chi connectivity index (χ0n) is 13.5. The van der Waals surface area contributed by atoms with E-state index in [9.17, 15) is 4.39 Å². The normalized spacial score (nSPS) is 17.2. The average molecular weight is 312 g/mol. The zero-order chi connectivity index (χ0) is 16.0. The second kappa shape index (κ2) is 5.49. The third-order valence-corrected chi connectivity index (χ3v) is 4.90. The highest BCUT2D eigenvalue weighted by atomic mass is 19.1. The van der Waals surface area contributed by atoms with Crippen LogP contribution >= 0.6 is 0 Å². The molecule has 0 unspecified atom stereocenters. The summed E-state index contributed by atoms with van der Waals surface area (Å²) in [6.07, 6.45) is 6.20. The first-order chi connectivity index (χ1) is 11.1. The zero-order valence-corrected chi connectivity index (χ0v) is 13.5. The van der Waals surface area contributed by atoms with Gasteiger partial charge < -0.3 is 4.90 Å². The number of likely N-dealkylation sites (tertiary alicyclic amines) is 1. The van der Waals surface area contributed by atoms with E-state index in [1.165, 1.54) is 6.07 Å². The highest BCUT2D eigenvalue weighted by molar-refractivity contribution is 5.85. The lowest BCUT2D eigenvalue weighted by Gasteiger charge is -2.28. The first-order valence-electron chi connectivity index (χ1n) is 8.14. The van der Waals surface area contributed by atoms with E-state index in [-0.39, 0.29) is 5.82 Å². The summed E-state index contributed by atoms with van der Waals surface area (Å²) >= 11 is 0. The van der Waals surface area contributed by atoms with Crippen LogP contribution in [-0.4, -0.2) is 39.4 Å². The van der Waals surface area contributed by atoms with Crippen LogP contribution in [0.3, 0.4) is 0 Å². The summed E-state index contributed by atoms with van der Waals surface area (Å²) in [5.74, 6) is 0.673. The highest BCUT2D eigenvalue weighted by Gasteiger charge is 2.19. The van der Waals surface area contributed by atoms with Crippen molar-refractivity contribution in [2.45, 2.75) is 25.8 Å². The number of rotatable bonds is 2. The molecule has 0 atom stereocenters. The number of hydrogen-bond donors (Lipinski definition) is 0. The van der Waals surface area contributed by atoms with Gasteiger partial charge in [-0.05, 0) is 57.6 Å². The quantitative estimate of drug-likeness (QED) is 0.723. The van der Waals surface area contributed by atoms with E-state index in [0.717, 1.165) is 42.8 Å². The summed E-state index contributed by atoms with van der Waals surface area (Å²) in [7, 11) is 2.16. The molecule has 3 heterocycles. The average Bonchev–Trinajstić information content (AvgIpc) is 3.18. The van der Waals surface area contributed by atoms with Gasteiger partial charge in [-0.15, -0.1) is 0 Å². The van der Waals surface area contributed by atoms with Gasteiger partial charge >= 0.3 is 0 Å². The van der Waals surface area contributed by atoms with Gasteiger partial charge in [0.2, 0.25) is 0 Å². The second-order valence-electron chi connectivity index (χ2n) is 6.50. The van der Waals surface area contributed by atoms with Gasteiger partial charge in [-0.25, -0.2) is 4.39 Å². The standard InChI is InChI=1S/C18H21FN4/c1-13-3-4-16(19)15-7-11-22(18(13)15)17-8-12-23(20-17)14-5-9-21(2)10-6-14/h3-4,7-8,11-12,14H,5-6,9-10H2,1-2H3. The van der Waals surface area contributed by atoms with Crippen molar-refractivity contribution in [3.05, 3.63) is 48.0 Å². The molecule has 0 bridgehead atoms. The summed E-state index contributed by atoms with van der Waals surface area (Å²) in [5, 5.41) is 5.41. The molecule has 1 fully saturated rings. The summed E-state index contributed by atoms with van der Waals surface area (Å²) < 4.78 is 18.0. The molecule has 2 aromatic heterocycles. The highest BCUT2D eigenvalue weighted by Crippen LogP contribution is 2.27. The number of hydrogen-bond acceptors (Lipinski definition) is 2. The Labute approximate surface area is 135 Å². The molecule has 1 aliphatic rings. The van der Waals surface area contributed by atoms with Crippen LogP contribution in [0.25, 0.3) is 16.7 Å². The monoisotopic (exact) mass is 312 g/mol. The van der Waals surface area contributed by atoms with Crippen molar-refractivity contribution in [1.82, 2.24) is 19.2 Å². The molecular formula is C18H21FN4. The molecule has 4 rings (SSSR count). The van der Waals surface area contributed by atoms with Crippen molar-refractivity contribution < 1.29 is 4.39 Å². The van der Waals surface area contributed by atoms with Crippen LogP contribution in [0.5, 0.6) is 0 Å². The third-order valence-electron chi connectivity index (χ3n) is 4.90. The first kappa shape index (κ1) is 14.5. The van der Waals surface area contributed by atoms with Gasteiger partial charge in [0.25, 0.3) is 0 Å². The summed E-state index contributed by atoms with van der Waals surface area (Å²) in [4.78, 5) is 2.35. The maximum atomic E-state index is 14.0. The maximum Gasteiger partial charge on any atom is 0.159 e. The van der Waals surface area contributed by atoms with E-state index in [0.29, 0.717) is 11.4 Å². The number of halogens is 1. The maximum absolute atomic E-state index is 14.0. The number of aromatic nitrogens is 3. The Morgan fingerprint density at radius 3 is 2.65 bits per heavy atom. The van der Waals surface area contributed by atoms with Crippen LogP contribution < -0.4 is 0 Å². The first-order valence-corrected chi connectivity index (χ1v) is 8.14. The molecule has 0 N–H and O–H groups in total. The largest absolute Gasteiger partial charge is 0.306 e. The Bertz CT molecular complexity index is 840. The minimum Gasteiger partial charge on any atom is -0.306 e. The topological polar surface area (TPSA) is 26.0 Å². The molecule has 23 heavy (non-hydrogen) atoms. The molecule has 4 nitrogen and oxygen atoms in total. The fourth-order valence-electron chi connectivity index (χ4n) is 3.50. The van der Waals surface area contributed by atoms with Crippen molar-refractivity contribution in [2.75, 3.05) is 20.1 Å². The second-order valence-corrected chi connectivity index (χ2v) is 6.50. The molecule has 3 aromatic rings. The van der Waals surface area contributed by atoms with E-state index in [4.69, 9.17) is 5.10 Å². The fraction of sp³-hybridized carbons (Fsp3) is 0.389. The number of aryl methyl sites for hydroxylation is 1. The Morgan fingerprint density at radius 1 is 1.09 bits per heavy atom. The van der Waals surface area contributed by atoms with Gasteiger partial charge in [0.05, 0.1) is 11.6 Å². The fourth-order valence-corrected chi connectivity index (χ4v) is 3.50. The van der Waals surface area contributed by atoms with Crippen LogP contribution in [0, 0.1) is 12.7 Å². The van der Waals surface area contributed by atoms with E-state index in [1.807, 2.05) is 42.1 Å². The lowest BCUT2D eigenvalue weighted by atomic mass is 10.1. The molecule has 0 radical (unpaired) electrons. The minimum absolute atomic E-state index is 0.181. The third kappa shape index (κ3) is 2.45. The van der Waals surface area contributed by atoms with Crippen molar-refractivity contribution >= 4 is 10.9 Å². The molecule has 0 spiro atoms. The SMILES string of the molecule is Cc1ccc(F)c2ccn(-c3ccn(C4CCN(C)CC4)n3)c12. The van der Waals surface area contributed by atoms with E-state index >= 15 is 0 Å². The molecule has 1 aromatic carbocycles. The van der Waals surface area contributed by atoms with Crippen LogP contribution in [0.15, 0.2) is 36.7 Å². The molecular weight excluding hydrogens is 291 g/mol. The van der Waals surface area contributed by atoms with Crippen molar-refractivity contribution in [3.63, 3.8) is 0 Å². The van der Waals surface area contributed by atoms with Crippen LogP contribution in [0.4, 0.5) is 4.39 Å². The molecule has 1 saturated heterocycles. The van der Waals surface area contributed by atoms with Crippen molar-refractivity contribution in [2.24, 2.45) is 0 Å². The van der Waals surface area contributed by atoms with Gasteiger partial charge in [0.15, 0.2) is 5.82 Å². The Balaban J connectivity index is 1.71. The molecule has 0 amide bonds.